The highest BCUT2D eigenvalue weighted by atomic mass is 19.1. The van der Waals surface area contributed by atoms with E-state index in [1.165, 1.54) is 12.1 Å². The van der Waals surface area contributed by atoms with Gasteiger partial charge in [0.1, 0.15) is 5.82 Å². The summed E-state index contributed by atoms with van der Waals surface area (Å²) in [5.74, 6) is -0.569. The highest BCUT2D eigenvalue weighted by molar-refractivity contribution is 5.85. The normalized spacial score (nSPS) is 24.4. The Morgan fingerprint density at radius 3 is 2.92 bits per heavy atom. The maximum Gasteiger partial charge on any atom is 0.316 e. The van der Waals surface area contributed by atoms with Crippen LogP contribution in [0.3, 0.4) is 0 Å². The van der Waals surface area contributed by atoms with Gasteiger partial charge in [0.05, 0.1) is 35.7 Å². The number of carbonyl (C=O) groups excluding carboxylic acids is 1. The second-order valence-electron chi connectivity index (χ2n) is 6.99. The molecule has 6 heteroatoms. The monoisotopic (exact) mass is 356 g/mol. The first-order valence-corrected chi connectivity index (χ1v) is 8.92. The minimum atomic E-state index is -0.808. The van der Waals surface area contributed by atoms with Crippen LogP contribution in [0, 0.1) is 11.2 Å². The molecule has 2 aromatic rings. The molecule has 1 heterocycles. The molecular formula is C20H21FN2O3. The maximum absolute atomic E-state index is 13.2. The van der Waals surface area contributed by atoms with Gasteiger partial charge in [0.2, 0.25) is 0 Å². The molecule has 0 amide bonds. The van der Waals surface area contributed by atoms with Crippen LogP contribution in [-0.2, 0) is 16.0 Å². The molecular weight excluding hydrogens is 335 g/mol. The van der Waals surface area contributed by atoms with E-state index < -0.39 is 11.5 Å². The lowest BCUT2D eigenvalue weighted by Crippen LogP contribution is -2.44. The minimum Gasteiger partial charge on any atom is -0.465 e. The summed E-state index contributed by atoms with van der Waals surface area (Å²) >= 11 is 0. The molecule has 2 aliphatic rings. The highest BCUT2D eigenvalue weighted by Gasteiger charge is 2.49. The number of fused-ring (bicyclic) bond motifs is 2. The number of nitrogens with zero attached hydrogens (tertiary/aromatic N) is 2. The number of rotatable bonds is 3. The van der Waals surface area contributed by atoms with E-state index in [0.29, 0.717) is 32.3 Å². The first kappa shape index (κ1) is 17.0. The Morgan fingerprint density at radius 1 is 1.42 bits per heavy atom. The molecule has 0 saturated heterocycles. The van der Waals surface area contributed by atoms with Crippen molar-refractivity contribution in [1.82, 2.24) is 9.78 Å². The average Bonchev–Trinajstić information content (AvgIpc) is 3.03. The summed E-state index contributed by atoms with van der Waals surface area (Å²) in [5, 5.41) is 14.6. The topological polar surface area (TPSA) is 64.3 Å². The third-order valence-corrected chi connectivity index (χ3v) is 5.37. The van der Waals surface area contributed by atoms with Gasteiger partial charge in [0.15, 0.2) is 0 Å². The Labute approximate surface area is 151 Å². The SMILES string of the molecule is CCOC(=O)[C@]12Cc3cnn(-c4ccc(F)cc4)c3C=C1CCC(O)C2. The smallest absolute Gasteiger partial charge is 0.316 e. The van der Waals surface area contributed by atoms with Gasteiger partial charge in [-0.1, -0.05) is 5.57 Å². The fraction of sp³-hybridized carbons (Fsp3) is 0.400. The van der Waals surface area contributed by atoms with E-state index in [1.807, 2.05) is 6.08 Å². The van der Waals surface area contributed by atoms with Crippen molar-refractivity contribution in [2.75, 3.05) is 6.61 Å². The lowest BCUT2D eigenvalue weighted by Gasteiger charge is -2.41. The number of halogens is 1. The predicted molar refractivity (Wildman–Crippen MR) is 94.1 cm³/mol. The summed E-state index contributed by atoms with van der Waals surface area (Å²) in [6, 6.07) is 6.16. The van der Waals surface area contributed by atoms with Crippen LogP contribution in [-0.4, -0.2) is 33.6 Å². The van der Waals surface area contributed by atoms with E-state index in [1.54, 1.807) is 29.9 Å². The third kappa shape index (κ3) is 2.65. The number of hydrogen-bond donors (Lipinski definition) is 1. The zero-order valence-corrected chi connectivity index (χ0v) is 14.6. The highest BCUT2D eigenvalue weighted by Crippen LogP contribution is 2.49. The Bertz CT molecular complexity index is 872. The Kier molecular flexibility index (Phi) is 4.15. The summed E-state index contributed by atoms with van der Waals surface area (Å²) in [6.45, 7) is 2.10. The molecule has 26 heavy (non-hydrogen) atoms. The first-order chi connectivity index (χ1) is 12.5. The van der Waals surface area contributed by atoms with Crippen LogP contribution in [0.1, 0.15) is 37.4 Å². The van der Waals surface area contributed by atoms with Crippen LogP contribution < -0.4 is 0 Å². The van der Waals surface area contributed by atoms with E-state index in [-0.39, 0.29) is 11.8 Å². The van der Waals surface area contributed by atoms with Crippen LogP contribution in [0.5, 0.6) is 0 Å². The Hall–Kier alpha value is -2.47. The summed E-state index contributed by atoms with van der Waals surface area (Å²) in [5.41, 5.74) is 2.78. The van der Waals surface area contributed by atoms with Gasteiger partial charge in [-0.3, -0.25) is 4.79 Å². The van der Waals surface area contributed by atoms with Crippen molar-refractivity contribution >= 4 is 12.0 Å². The van der Waals surface area contributed by atoms with E-state index in [2.05, 4.69) is 5.10 Å². The van der Waals surface area contributed by atoms with Crippen molar-refractivity contribution < 1.29 is 19.0 Å². The van der Waals surface area contributed by atoms with Crippen molar-refractivity contribution in [3.05, 3.63) is 53.1 Å². The summed E-state index contributed by atoms with van der Waals surface area (Å²) in [7, 11) is 0. The molecule has 1 saturated carbocycles. The molecule has 1 aromatic carbocycles. The molecule has 0 bridgehead atoms. The molecule has 1 aromatic heterocycles. The van der Waals surface area contributed by atoms with Crippen LogP contribution in [0.4, 0.5) is 4.39 Å². The Balaban J connectivity index is 1.78. The van der Waals surface area contributed by atoms with Gasteiger partial charge >= 0.3 is 5.97 Å². The molecule has 1 N–H and O–H groups in total. The lowest BCUT2D eigenvalue weighted by molar-refractivity contribution is -0.156. The molecule has 1 unspecified atom stereocenters. The number of aliphatic hydroxyl groups is 1. The molecule has 0 radical (unpaired) electrons. The zero-order chi connectivity index (χ0) is 18.3. The van der Waals surface area contributed by atoms with Gasteiger partial charge in [0, 0.05) is 0 Å². The number of aromatic nitrogens is 2. The van der Waals surface area contributed by atoms with Crippen molar-refractivity contribution in [1.29, 1.82) is 0 Å². The maximum atomic E-state index is 13.2. The number of carbonyl (C=O) groups is 1. The van der Waals surface area contributed by atoms with E-state index >= 15 is 0 Å². The van der Waals surface area contributed by atoms with Crippen molar-refractivity contribution in [3.63, 3.8) is 0 Å². The Morgan fingerprint density at radius 2 is 2.19 bits per heavy atom. The third-order valence-electron chi connectivity index (χ3n) is 5.37. The molecule has 2 aliphatic carbocycles. The van der Waals surface area contributed by atoms with Gasteiger partial charge in [-0.05, 0) is 68.5 Å². The second-order valence-corrected chi connectivity index (χ2v) is 6.99. The number of hydrogen-bond acceptors (Lipinski definition) is 4. The van der Waals surface area contributed by atoms with Crippen LogP contribution in [0.25, 0.3) is 11.8 Å². The van der Waals surface area contributed by atoms with E-state index in [9.17, 15) is 14.3 Å². The number of aliphatic hydroxyl groups excluding tert-OH is 1. The molecule has 1 fully saturated rings. The average molecular weight is 356 g/mol. The zero-order valence-electron chi connectivity index (χ0n) is 14.6. The first-order valence-electron chi connectivity index (χ1n) is 8.92. The van der Waals surface area contributed by atoms with Gasteiger partial charge in [-0.25, -0.2) is 9.07 Å². The van der Waals surface area contributed by atoms with Crippen molar-refractivity contribution in [3.8, 4) is 5.69 Å². The van der Waals surface area contributed by atoms with E-state index in [0.717, 1.165) is 22.5 Å². The largest absolute Gasteiger partial charge is 0.465 e. The quantitative estimate of drug-likeness (QED) is 0.859. The van der Waals surface area contributed by atoms with E-state index in [4.69, 9.17) is 4.74 Å². The second kappa shape index (κ2) is 6.36. The van der Waals surface area contributed by atoms with Crippen LogP contribution in [0.2, 0.25) is 0 Å². The van der Waals surface area contributed by atoms with Gasteiger partial charge in [-0.2, -0.15) is 5.10 Å². The van der Waals surface area contributed by atoms with Gasteiger partial charge < -0.3 is 9.84 Å². The molecule has 5 nitrogen and oxygen atoms in total. The van der Waals surface area contributed by atoms with Crippen molar-refractivity contribution in [2.24, 2.45) is 5.41 Å². The van der Waals surface area contributed by atoms with Crippen molar-refractivity contribution in [2.45, 2.75) is 38.7 Å². The number of esters is 1. The molecule has 0 spiro atoms. The lowest BCUT2D eigenvalue weighted by atomic mass is 9.63. The standard InChI is InChI=1S/C20H21FN2O3/c1-2-26-19(25)20-10-13-12-22-23(16-6-4-15(21)5-7-16)18(13)9-14(20)3-8-17(24)11-20/h4-7,9,12,17,24H,2-3,8,10-11H2,1H3/t17?,20-/m0/s1. The molecule has 136 valence electrons. The summed E-state index contributed by atoms with van der Waals surface area (Å²) < 4.78 is 20.3. The molecule has 2 atom stereocenters. The fourth-order valence-corrected chi connectivity index (χ4v) is 4.11. The molecule has 4 rings (SSSR count). The van der Waals surface area contributed by atoms with Crippen LogP contribution >= 0.6 is 0 Å². The van der Waals surface area contributed by atoms with Crippen LogP contribution in [0.15, 0.2) is 36.0 Å². The minimum absolute atomic E-state index is 0.273. The summed E-state index contributed by atoms with van der Waals surface area (Å²) in [6.07, 6.45) is 5.35. The molecule has 0 aliphatic heterocycles. The fourth-order valence-electron chi connectivity index (χ4n) is 4.11. The summed E-state index contributed by atoms with van der Waals surface area (Å²) in [4.78, 5) is 12.8. The predicted octanol–water partition coefficient (Wildman–Crippen LogP) is 3.05. The number of benzene rings is 1. The van der Waals surface area contributed by atoms with Gasteiger partial charge in [-0.15, -0.1) is 0 Å². The number of ether oxygens (including phenoxy) is 1. The van der Waals surface area contributed by atoms with Gasteiger partial charge in [0.25, 0.3) is 0 Å².